The van der Waals surface area contributed by atoms with E-state index in [1.54, 1.807) is 12.3 Å². The number of nitrogens with zero attached hydrogens (tertiary/aromatic N) is 3. The van der Waals surface area contributed by atoms with E-state index in [0.29, 0.717) is 10.9 Å². The smallest absolute Gasteiger partial charge is 0.320 e. The Morgan fingerprint density at radius 1 is 1.00 bits per heavy atom. The number of carbonyl (C=O) groups is 1. The number of hydrogen-bond acceptors (Lipinski definition) is 7. The van der Waals surface area contributed by atoms with Crippen molar-refractivity contribution in [3.05, 3.63) is 16.5 Å². The van der Waals surface area contributed by atoms with Gasteiger partial charge in [-0.2, -0.15) is 5.26 Å². The molecule has 0 aromatic carbocycles. The van der Waals surface area contributed by atoms with E-state index in [1.807, 2.05) is 0 Å². The zero-order chi connectivity index (χ0) is 22.0. The predicted molar refractivity (Wildman–Crippen MR) is 123 cm³/mol. The maximum atomic E-state index is 11.3. The summed E-state index contributed by atoms with van der Waals surface area (Å²) in [6.45, 7) is 2.26. The summed E-state index contributed by atoms with van der Waals surface area (Å²) in [5.74, 6) is -0.236. The first-order chi connectivity index (χ1) is 14.6. The Morgan fingerprint density at radius 3 is 2.00 bits per heavy atom. The lowest BCUT2D eigenvalue weighted by Gasteiger charge is -2.05. The number of nitrogens with two attached hydrogens (primary N) is 1. The van der Waals surface area contributed by atoms with Crippen LogP contribution in [0.1, 0.15) is 96.3 Å². The van der Waals surface area contributed by atoms with Gasteiger partial charge in [-0.05, 0) is 12.7 Å². The quantitative estimate of drug-likeness (QED) is 0.172. The third-order valence-electron chi connectivity index (χ3n) is 4.97. The van der Waals surface area contributed by atoms with Gasteiger partial charge in [-0.3, -0.25) is 4.79 Å². The fraction of sp³-hybridized carbons (Fsp3) is 0.727. The molecule has 0 spiro atoms. The zero-order valence-corrected chi connectivity index (χ0v) is 19.4. The largest absolute Gasteiger partial charge is 0.408 e. The Morgan fingerprint density at radius 2 is 1.53 bits per heavy atom. The lowest BCUT2D eigenvalue weighted by molar-refractivity contribution is -0.114. The number of carbonyl (C=O) groups excluding carboxylic acids is 1. The van der Waals surface area contributed by atoms with Gasteiger partial charge in [-0.15, -0.1) is 16.9 Å². The van der Waals surface area contributed by atoms with E-state index in [2.05, 4.69) is 22.4 Å². The molecule has 1 rings (SSSR count). The summed E-state index contributed by atoms with van der Waals surface area (Å²) in [5.41, 5.74) is 5.05. The summed E-state index contributed by atoms with van der Waals surface area (Å²) in [4.78, 5) is 11.3. The highest BCUT2D eigenvalue weighted by Crippen LogP contribution is 2.20. The molecule has 0 aliphatic heterocycles. The Balaban J connectivity index is 2.13. The van der Waals surface area contributed by atoms with Crippen molar-refractivity contribution < 1.29 is 9.21 Å². The Hall–Kier alpha value is -2.01. The molecule has 1 aromatic heterocycles. The molecule has 0 unspecified atom stereocenters. The van der Waals surface area contributed by atoms with Crippen molar-refractivity contribution in [3.63, 3.8) is 0 Å². The molecule has 0 atom stereocenters. The molecule has 0 saturated carbocycles. The van der Waals surface area contributed by atoms with Gasteiger partial charge in [-0.25, -0.2) is 0 Å². The van der Waals surface area contributed by atoms with Crippen LogP contribution in [0.4, 0.5) is 6.01 Å². The summed E-state index contributed by atoms with van der Waals surface area (Å²) >= 11 is 1.19. The zero-order valence-electron chi connectivity index (χ0n) is 18.5. The molecule has 0 saturated heterocycles. The average molecular weight is 436 g/mol. The van der Waals surface area contributed by atoms with Crippen molar-refractivity contribution in [2.24, 2.45) is 5.73 Å². The number of nitrogens with one attached hydrogen (secondary N) is 1. The number of aromatic nitrogens is 2. The van der Waals surface area contributed by atoms with Crippen molar-refractivity contribution in [1.82, 2.24) is 10.2 Å². The highest BCUT2D eigenvalue weighted by molar-refractivity contribution is 8.02. The van der Waals surface area contributed by atoms with E-state index in [-0.39, 0.29) is 11.6 Å². The van der Waals surface area contributed by atoms with Gasteiger partial charge in [0.05, 0.1) is 5.03 Å². The van der Waals surface area contributed by atoms with E-state index < -0.39 is 5.91 Å². The number of anilines is 1. The van der Waals surface area contributed by atoms with E-state index >= 15 is 0 Å². The molecule has 1 amide bonds. The Bertz CT molecular complexity index is 681. The van der Waals surface area contributed by atoms with Crippen LogP contribution >= 0.6 is 11.8 Å². The fourth-order valence-electron chi connectivity index (χ4n) is 3.23. The van der Waals surface area contributed by atoms with Crippen LogP contribution in [-0.4, -0.2) is 22.4 Å². The summed E-state index contributed by atoms with van der Waals surface area (Å²) in [5, 5.41) is 20.1. The standard InChI is InChI=1S/C22H37N5O2S/c1-3-4-5-6-7-8-9-10-11-12-13-14-15-16-19-26-27-22(29-19)25-21(30-2)18(17-23)20(24)28/h3-16H2,1-2H3,(H2,24,28)(H,25,27)/b21-18-. The minimum Gasteiger partial charge on any atom is -0.408 e. The second-order valence-corrected chi connectivity index (χ2v) is 8.32. The van der Waals surface area contributed by atoms with Gasteiger partial charge >= 0.3 is 6.01 Å². The number of nitriles is 1. The Labute approximate surface area is 185 Å². The SMILES string of the molecule is CCCCCCCCCCCCCCCc1nnc(N/C(SC)=C(\C#N)C(N)=O)o1. The molecule has 30 heavy (non-hydrogen) atoms. The van der Waals surface area contributed by atoms with Crippen LogP contribution < -0.4 is 11.1 Å². The van der Waals surface area contributed by atoms with E-state index in [9.17, 15) is 4.79 Å². The second kappa shape index (κ2) is 16.8. The van der Waals surface area contributed by atoms with Crippen LogP contribution in [-0.2, 0) is 11.2 Å². The van der Waals surface area contributed by atoms with Gasteiger partial charge in [0.1, 0.15) is 11.6 Å². The van der Waals surface area contributed by atoms with Gasteiger partial charge in [0, 0.05) is 6.42 Å². The topological polar surface area (TPSA) is 118 Å². The summed E-state index contributed by atoms with van der Waals surface area (Å²) in [6, 6.07) is 1.96. The maximum Gasteiger partial charge on any atom is 0.320 e. The van der Waals surface area contributed by atoms with Gasteiger partial charge in [0.25, 0.3) is 5.91 Å². The number of hydrogen-bond donors (Lipinski definition) is 2. The van der Waals surface area contributed by atoms with Crippen LogP contribution in [0.5, 0.6) is 0 Å². The molecular formula is C22H37N5O2S. The monoisotopic (exact) mass is 435 g/mol. The maximum absolute atomic E-state index is 11.3. The fourth-order valence-corrected chi connectivity index (χ4v) is 3.77. The summed E-state index contributed by atoms with van der Waals surface area (Å²) in [6.07, 6.45) is 19.5. The van der Waals surface area contributed by atoms with Gasteiger partial charge in [-0.1, -0.05) is 89.1 Å². The first-order valence-electron chi connectivity index (χ1n) is 11.2. The molecule has 0 aliphatic carbocycles. The van der Waals surface area contributed by atoms with E-state index in [1.165, 1.54) is 82.4 Å². The highest BCUT2D eigenvalue weighted by atomic mass is 32.2. The number of unbranched alkanes of at least 4 members (excludes halogenated alkanes) is 12. The average Bonchev–Trinajstić information content (AvgIpc) is 3.18. The van der Waals surface area contributed by atoms with Crippen LogP contribution in [0.3, 0.4) is 0 Å². The number of aryl methyl sites for hydroxylation is 1. The minimum absolute atomic E-state index is 0.154. The molecule has 0 bridgehead atoms. The first kappa shape index (κ1) is 26.0. The lowest BCUT2D eigenvalue weighted by atomic mass is 10.0. The van der Waals surface area contributed by atoms with E-state index in [4.69, 9.17) is 15.4 Å². The minimum atomic E-state index is -0.791. The molecule has 168 valence electrons. The molecule has 8 heteroatoms. The molecule has 3 N–H and O–H groups in total. The van der Waals surface area contributed by atoms with Gasteiger partial charge in [0.15, 0.2) is 0 Å². The summed E-state index contributed by atoms with van der Waals surface area (Å²) < 4.78 is 5.56. The molecule has 1 heterocycles. The number of amides is 1. The van der Waals surface area contributed by atoms with Crippen molar-refractivity contribution in [2.45, 2.75) is 96.8 Å². The van der Waals surface area contributed by atoms with Crippen molar-refractivity contribution in [1.29, 1.82) is 5.26 Å². The lowest BCUT2D eigenvalue weighted by Crippen LogP contribution is -2.16. The number of thioether (sulfide) groups is 1. The highest BCUT2D eigenvalue weighted by Gasteiger charge is 2.15. The van der Waals surface area contributed by atoms with Crippen molar-refractivity contribution >= 4 is 23.7 Å². The van der Waals surface area contributed by atoms with Crippen molar-refractivity contribution in [3.8, 4) is 6.07 Å². The molecule has 0 aliphatic rings. The Kier molecular flexibility index (Phi) is 14.5. The summed E-state index contributed by atoms with van der Waals surface area (Å²) in [7, 11) is 0. The second-order valence-electron chi connectivity index (χ2n) is 7.50. The molecule has 0 radical (unpaired) electrons. The van der Waals surface area contributed by atoms with Gasteiger partial charge in [0.2, 0.25) is 5.89 Å². The number of rotatable bonds is 18. The molecule has 1 aromatic rings. The van der Waals surface area contributed by atoms with Crippen LogP contribution in [0, 0.1) is 11.3 Å². The molecule has 0 fully saturated rings. The van der Waals surface area contributed by atoms with Crippen LogP contribution in [0.15, 0.2) is 15.0 Å². The third-order valence-corrected chi connectivity index (χ3v) is 5.69. The predicted octanol–water partition coefficient (Wildman–Crippen LogP) is 5.70. The van der Waals surface area contributed by atoms with Crippen LogP contribution in [0.2, 0.25) is 0 Å². The first-order valence-corrected chi connectivity index (χ1v) is 12.4. The molecule has 7 nitrogen and oxygen atoms in total. The van der Waals surface area contributed by atoms with E-state index in [0.717, 1.165) is 19.3 Å². The number of primary amides is 1. The van der Waals surface area contributed by atoms with Crippen LogP contribution in [0.25, 0.3) is 0 Å². The normalized spacial score (nSPS) is 11.8. The molecular weight excluding hydrogens is 398 g/mol. The van der Waals surface area contributed by atoms with Gasteiger partial charge < -0.3 is 15.5 Å². The van der Waals surface area contributed by atoms with Crippen molar-refractivity contribution in [2.75, 3.05) is 11.6 Å². The third kappa shape index (κ3) is 11.2.